The molecule has 5 amide bonds. The van der Waals surface area contributed by atoms with Crippen molar-refractivity contribution in [1.29, 1.82) is 0 Å². The number of nitrogens with one attached hydrogen (secondary N) is 5. The third-order valence-corrected chi connectivity index (χ3v) is 30.5. The van der Waals surface area contributed by atoms with E-state index in [-0.39, 0.29) is 47.7 Å². The van der Waals surface area contributed by atoms with Crippen molar-refractivity contribution in [1.82, 2.24) is 9.34 Å². The number of carbonyl (C=O) groups is 5. The number of ether oxygens (including phenoxy) is 5. The molecule has 11 rings (SSSR count). The van der Waals surface area contributed by atoms with Crippen molar-refractivity contribution in [2.75, 3.05) is 187 Å². The first-order chi connectivity index (χ1) is 68.4. The third kappa shape index (κ3) is 34.8. The minimum atomic E-state index is -3.76. The number of hydrogen-bond acceptors (Lipinski definition) is 24. The number of hydrogen-bond donors (Lipinski definition) is 5. The second kappa shape index (κ2) is 56.9. The number of carbonyl (C=O) groups excluding carboxylic acids is 5. The highest BCUT2D eigenvalue weighted by Gasteiger charge is 2.39. The number of sulfonamides is 1. The Balaban J connectivity index is 0.000000245. The molecule has 0 saturated carbocycles. The van der Waals surface area contributed by atoms with Crippen LogP contribution in [0.1, 0.15) is 151 Å². The average Bonchev–Trinajstić information content (AvgIpc) is 0.747. The van der Waals surface area contributed by atoms with Gasteiger partial charge in [-0.2, -0.15) is 0 Å². The van der Waals surface area contributed by atoms with E-state index >= 15 is 0 Å². The van der Waals surface area contributed by atoms with Crippen LogP contribution in [0.5, 0.6) is 0 Å². The van der Waals surface area contributed by atoms with Gasteiger partial charge in [-0.05, 0) is 305 Å². The minimum Gasteiger partial charge on any atom is -0.449 e. The average molecular weight is 2040 g/mol. The molecule has 0 fully saturated rings. The van der Waals surface area contributed by atoms with Gasteiger partial charge in [-0.1, -0.05) is 97.9 Å². The molecule has 144 heavy (non-hydrogen) atoms. The van der Waals surface area contributed by atoms with Gasteiger partial charge >= 0.3 is 30.5 Å². The molecule has 37 heteroatoms. The van der Waals surface area contributed by atoms with E-state index in [4.69, 9.17) is 23.7 Å². The molecular weight excluding hydrogens is 1890 g/mol. The number of nitro benzene ring substituents is 1. The Morgan fingerprint density at radius 2 is 0.806 bits per heavy atom. The Kier molecular flexibility index (Phi) is 46.3. The zero-order valence-corrected chi connectivity index (χ0v) is 89.5. The zero-order valence-electron chi connectivity index (χ0n) is 87.0. The number of fused-ring (bicyclic) bond motifs is 1. The lowest BCUT2D eigenvalue weighted by Crippen LogP contribution is -2.38. The van der Waals surface area contributed by atoms with Crippen molar-refractivity contribution < 1.29 is 78.9 Å². The fraction of sp³-hybridized carbons (Fsp3) is 0.393. The molecule has 1 aliphatic heterocycles. The van der Waals surface area contributed by atoms with Crippen molar-refractivity contribution >= 4 is 132 Å². The number of non-ortho nitro benzene ring substituents is 1. The van der Waals surface area contributed by atoms with Crippen LogP contribution in [0.15, 0.2) is 229 Å². The summed E-state index contributed by atoms with van der Waals surface area (Å²) in [6, 6.07) is 66.9. The molecule has 0 bridgehead atoms. The SMILES string of the molecule is CCN(CC)c1ccc(NC(=O)OC(C)C(C)c2ccc(S(C)(=O)=O)cc2)c(C)c1.CCN(CC)c1ccc(NC(=O)OC(C[N+](=O)[O-])c2ccccc2)c(C)c1.CCN(CC)c1ccc(NC(=O)OC2CS(=O)(=O)N(c3ccccc3)c3ccccc32)c(C)c1.CCN(CC)c1ccc(NC(=O)OCCP(=O)(N(C)C)N(C)C)c(C)c1.CCN(CC)c1ccc(NC(=O)OCCc2ccc([N+](=O)[O-])cc2)c(C)c1. The number of anilines is 12. The first kappa shape index (κ1) is 117. The van der Waals surface area contributed by atoms with Gasteiger partial charge in [-0.3, -0.25) is 51.4 Å². The Morgan fingerprint density at radius 3 is 1.17 bits per heavy atom. The fourth-order valence-corrected chi connectivity index (χ4v) is 20.0. The molecule has 1 heterocycles. The Morgan fingerprint density at radius 1 is 0.451 bits per heavy atom. The third-order valence-electron chi connectivity index (χ3n) is 24.5. The predicted octanol–water partition coefficient (Wildman–Crippen LogP) is 23.3. The molecule has 10 aromatic rings. The molecule has 0 radical (unpaired) electrons. The summed E-state index contributed by atoms with van der Waals surface area (Å²) in [5.74, 6) is -0.429. The van der Waals surface area contributed by atoms with Gasteiger partial charge in [0.25, 0.3) is 5.69 Å². The molecule has 0 aliphatic carbocycles. The lowest BCUT2D eigenvalue weighted by molar-refractivity contribution is -0.490. The number of nitro groups is 2. The maximum atomic E-state index is 13.2. The summed E-state index contributed by atoms with van der Waals surface area (Å²) < 4.78 is 94.1. The minimum absolute atomic E-state index is 0.0426. The molecule has 34 nitrogen and oxygen atoms in total. The van der Waals surface area contributed by atoms with Gasteiger partial charge in [0, 0.05) is 164 Å². The molecule has 4 unspecified atom stereocenters. The molecule has 0 aromatic heterocycles. The lowest BCUT2D eigenvalue weighted by Gasteiger charge is -2.34. The standard InChI is InChI=1S/C26H29N3O4S.C23H32N2O4S.2C20H25N3O4.C18H33N4O3P/c1-4-28(5-2)21-15-16-23(19(3)17-21)27-26(30)33-25-18-34(31,32)29(20-11-7-6-8-12-20)24-14-10-9-13-22(24)25;1-7-25(8-2)20-11-14-22(16(3)15-20)24-23(26)29-18(5)17(4)19-9-12-21(13-10-19)30(6,27)28;1-4-22(5-2)18-10-11-19(15(3)14-18)21-20(24)27-13-12-16-6-8-17(9-7-16)23(25)26;1-4-22(5-2)17-11-12-18(15(3)13-17)21-20(24)27-19(14-23(25)26)16-9-7-6-8-10-16;1-8-22(9-2)16-10-11-17(15(3)14-16)19-18(23)25-12-13-26(24,20(4)5)21(6)7/h6-17,25H,4-5,18H2,1-3H3,(H,27,30);9-15,17-18H,7-8H2,1-6H3,(H,24,26);6-11,14H,4-5,12-13H2,1-3H3,(H,21,24);6-13,19H,4-5,14H2,1-3H3,(H,21,24);10-11,14H,8-9,12-13H2,1-7H3,(H,19,23). The van der Waals surface area contributed by atoms with Crippen LogP contribution in [0.4, 0.5) is 97.9 Å². The molecular formula is C107H144N15O19PS2. The molecule has 1 aliphatic rings. The number of para-hydroxylation sites is 2. The van der Waals surface area contributed by atoms with Crippen LogP contribution in [0, 0.1) is 54.8 Å². The first-order valence-electron chi connectivity index (χ1n) is 48.3. The van der Waals surface area contributed by atoms with Gasteiger partial charge in [0.05, 0.1) is 34.0 Å². The van der Waals surface area contributed by atoms with Crippen molar-refractivity contribution in [3.8, 4) is 0 Å². The quantitative estimate of drug-likeness (QED) is 0.0103. The Hall–Kier alpha value is -13.8. The van der Waals surface area contributed by atoms with E-state index in [2.05, 4.69) is 132 Å². The van der Waals surface area contributed by atoms with E-state index in [1.807, 2.05) is 139 Å². The van der Waals surface area contributed by atoms with Crippen molar-refractivity contribution in [2.45, 2.75) is 153 Å². The highest BCUT2D eigenvalue weighted by Crippen LogP contribution is 2.49. The predicted molar refractivity (Wildman–Crippen MR) is 581 cm³/mol. The van der Waals surface area contributed by atoms with E-state index in [0.29, 0.717) is 57.4 Å². The van der Waals surface area contributed by atoms with Crippen LogP contribution in [0.3, 0.4) is 0 Å². The van der Waals surface area contributed by atoms with Crippen LogP contribution in [0.2, 0.25) is 0 Å². The van der Waals surface area contributed by atoms with Crippen LogP contribution in [-0.2, 0) is 54.5 Å². The number of rotatable bonds is 39. The second-order valence-electron chi connectivity index (χ2n) is 34.4. The van der Waals surface area contributed by atoms with E-state index in [0.717, 1.165) is 133 Å². The number of benzene rings is 10. The summed E-state index contributed by atoms with van der Waals surface area (Å²) in [5.41, 5.74) is 17.7. The molecule has 5 N–H and O–H groups in total. The summed E-state index contributed by atoms with van der Waals surface area (Å²) in [7, 11) is -2.62. The van der Waals surface area contributed by atoms with Crippen molar-refractivity contribution in [3.05, 3.63) is 295 Å². The van der Waals surface area contributed by atoms with E-state index in [1.54, 1.807) is 147 Å². The van der Waals surface area contributed by atoms with E-state index in [1.165, 1.54) is 22.7 Å². The maximum Gasteiger partial charge on any atom is 0.412 e. The summed E-state index contributed by atoms with van der Waals surface area (Å²) in [5, 5.41) is 35.3. The smallest absolute Gasteiger partial charge is 0.412 e. The van der Waals surface area contributed by atoms with E-state index < -0.39 is 86.4 Å². The van der Waals surface area contributed by atoms with Crippen LogP contribution >= 0.6 is 7.44 Å². The van der Waals surface area contributed by atoms with Crippen LogP contribution in [0.25, 0.3) is 0 Å². The second-order valence-corrected chi connectivity index (χ2v) is 41.7. The van der Waals surface area contributed by atoms with Crippen LogP contribution in [-0.4, -0.2) is 204 Å². The number of sulfone groups is 1. The highest BCUT2D eigenvalue weighted by molar-refractivity contribution is 7.93. The summed E-state index contributed by atoms with van der Waals surface area (Å²) >= 11 is 0. The molecule has 778 valence electrons. The lowest BCUT2D eigenvalue weighted by atomic mass is 9.96. The van der Waals surface area contributed by atoms with Gasteiger partial charge in [0.1, 0.15) is 24.6 Å². The zero-order chi connectivity index (χ0) is 106. The molecule has 0 saturated heterocycles. The van der Waals surface area contributed by atoms with Gasteiger partial charge in [-0.25, -0.2) is 54.5 Å². The maximum absolute atomic E-state index is 13.2. The van der Waals surface area contributed by atoms with Crippen molar-refractivity contribution in [3.63, 3.8) is 0 Å². The molecule has 0 spiro atoms. The number of aryl methyl sites for hydroxylation is 5. The Labute approximate surface area is 849 Å². The van der Waals surface area contributed by atoms with E-state index in [9.17, 15) is 65.6 Å². The summed E-state index contributed by atoms with van der Waals surface area (Å²) in [6.45, 7) is 43.4. The first-order valence-corrected chi connectivity index (χ1v) is 53.6. The number of amides is 5. The topological polar surface area (TPSA) is 389 Å². The monoisotopic (exact) mass is 2040 g/mol. The highest BCUT2D eigenvalue weighted by atomic mass is 32.2. The van der Waals surface area contributed by atoms with Gasteiger partial charge < -0.3 is 48.2 Å². The fourth-order valence-electron chi connectivity index (χ4n) is 15.9. The van der Waals surface area contributed by atoms with Crippen molar-refractivity contribution in [2.24, 2.45) is 0 Å². The van der Waals surface area contributed by atoms with Gasteiger partial charge in [-0.15, -0.1) is 0 Å². The van der Waals surface area contributed by atoms with Gasteiger partial charge in [0.15, 0.2) is 15.9 Å². The molecule has 10 aromatic carbocycles. The summed E-state index contributed by atoms with van der Waals surface area (Å²) in [6.07, 6.45) is -3.28. The Bertz CT molecular complexity index is 6140. The number of nitrogens with zero attached hydrogens (tertiary/aromatic N) is 10. The summed E-state index contributed by atoms with van der Waals surface area (Å²) in [4.78, 5) is 93.6. The van der Waals surface area contributed by atoms with Gasteiger partial charge in [0.2, 0.25) is 24.0 Å². The van der Waals surface area contributed by atoms with Crippen LogP contribution < -0.4 is 55.4 Å². The normalized spacial score (nSPS) is 12.9. The molecule has 4 atom stereocenters. The largest absolute Gasteiger partial charge is 0.449 e.